The summed E-state index contributed by atoms with van der Waals surface area (Å²) in [6, 6.07) is 12.1. The Morgan fingerprint density at radius 3 is 2.26 bits per heavy atom. The van der Waals surface area contributed by atoms with Gasteiger partial charge in [0.15, 0.2) is 5.82 Å². The van der Waals surface area contributed by atoms with Crippen molar-refractivity contribution in [3.8, 4) is 0 Å². The number of hydrogen-bond acceptors (Lipinski definition) is 6. The largest absolute Gasteiger partial charge is 0.378 e. The van der Waals surface area contributed by atoms with E-state index in [9.17, 15) is 19.3 Å². The molecule has 2 fully saturated rings. The van der Waals surface area contributed by atoms with Crippen LogP contribution in [0.1, 0.15) is 5.56 Å². The van der Waals surface area contributed by atoms with E-state index < -0.39 is 10.7 Å². The summed E-state index contributed by atoms with van der Waals surface area (Å²) in [5, 5.41) is 11.6. The summed E-state index contributed by atoms with van der Waals surface area (Å²) in [6.45, 7) is 3.90. The van der Waals surface area contributed by atoms with Crippen molar-refractivity contribution in [3.05, 3.63) is 64.0 Å². The smallest absolute Gasteiger partial charge is 0.295 e. The number of ether oxygens (including phenoxy) is 1. The molecule has 0 unspecified atom stereocenters. The number of halogens is 1. The highest BCUT2D eigenvalue weighted by Crippen LogP contribution is 2.36. The molecule has 0 atom stereocenters. The molecule has 0 aliphatic carbocycles. The number of nitro groups is 1. The Morgan fingerprint density at radius 2 is 1.61 bits per heavy atom. The highest BCUT2D eigenvalue weighted by Gasteiger charge is 2.29. The second-order valence-electron chi connectivity index (χ2n) is 7.68. The van der Waals surface area contributed by atoms with Crippen LogP contribution < -0.4 is 9.80 Å². The summed E-state index contributed by atoms with van der Waals surface area (Å²) >= 11 is 0. The van der Waals surface area contributed by atoms with E-state index >= 15 is 0 Å². The number of anilines is 2. The van der Waals surface area contributed by atoms with Crippen molar-refractivity contribution in [3.63, 3.8) is 0 Å². The molecule has 164 valence electrons. The van der Waals surface area contributed by atoms with Gasteiger partial charge in [-0.1, -0.05) is 30.3 Å². The lowest BCUT2D eigenvalue weighted by atomic mass is 10.1. The maximum absolute atomic E-state index is 14.7. The quantitative estimate of drug-likeness (QED) is 0.538. The Balaban J connectivity index is 1.49. The SMILES string of the molecule is O=C(Cc1ccccc1)N1CCN(c2cc(N3CCOCC3)c(F)cc2[N+](=O)[O-])CC1. The fraction of sp³-hybridized carbons (Fsp3) is 0.409. The third kappa shape index (κ3) is 4.77. The molecule has 2 saturated heterocycles. The Kier molecular flexibility index (Phi) is 6.31. The first kappa shape index (κ1) is 21.0. The van der Waals surface area contributed by atoms with Gasteiger partial charge in [-0.3, -0.25) is 14.9 Å². The average Bonchev–Trinajstić information content (AvgIpc) is 2.80. The van der Waals surface area contributed by atoms with Gasteiger partial charge in [0.25, 0.3) is 5.69 Å². The van der Waals surface area contributed by atoms with E-state index in [4.69, 9.17) is 4.74 Å². The zero-order valence-electron chi connectivity index (χ0n) is 17.2. The topological polar surface area (TPSA) is 79.2 Å². The molecule has 2 aromatic carbocycles. The predicted octanol–water partition coefficient (Wildman–Crippen LogP) is 2.46. The first-order valence-electron chi connectivity index (χ1n) is 10.4. The van der Waals surface area contributed by atoms with Gasteiger partial charge in [0.05, 0.1) is 36.3 Å². The minimum atomic E-state index is -0.603. The lowest BCUT2D eigenvalue weighted by Crippen LogP contribution is -2.49. The number of hydrogen-bond donors (Lipinski definition) is 0. The minimum Gasteiger partial charge on any atom is -0.378 e. The van der Waals surface area contributed by atoms with Crippen molar-refractivity contribution in [2.24, 2.45) is 0 Å². The van der Waals surface area contributed by atoms with Gasteiger partial charge in [-0.25, -0.2) is 4.39 Å². The van der Waals surface area contributed by atoms with Crippen LogP contribution in [0.5, 0.6) is 0 Å². The normalized spacial score (nSPS) is 17.0. The van der Waals surface area contributed by atoms with Crippen LogP contribution in [-0.4, -0.2) is 68.2 Å². The summed E-state index contributed by atoms with van der Waals surface area (Å²) in [7, 11) is 0. The van der Waals surface area contributed by atoms with Gasteiger partial charge in [-0.15, -0.1) is 0 Å². The average molecular weight is 428 g/mol. The number of carbonyl (C=O) groups excluding carboxylic acids is 1. The Bertz CT molecular complexity index is 942. The second-order valence-corrected chi connectivity index (χ2v) is 7.68. The number of amides is 1. The summed E-state index contributed by atoms with van der Waals surface area (Å²) in [5.41, 5.74) is 1.45. The third-order valence-corrected chi connectivity index (χ3v) is 5.76. The molecular weight excluding hydrogens is 403 g/mol. The first-order chi connectivity index (χ1) is 15.0. The highest BCUT2D eigenvalue weighted by molar-refractivity contribution is 5.79. The predicted molar refractivity (Wildman–Crippen MR) is 115 cm³/mol. The molecule has 4 rings (SSSR count). The molecule has 0 N–H and O–H groups in total. The first-order valence-corrected chi connectivity index (χ1v) is 10.4. The molecular formula is C22H25FN4O4. The van der Waals surface area contributed by atoms with Crippen LogP contribution in [0.3, 0.4) is 0 Å². The maximum atomic E-state index is 14.7. The molecule has 0 bridgehead atoms. The van der Waals surface area contributed by atoms with Crippen LogP contribution >= 0.6 is 0 Å². The molecule has 0 spiro atoms. The number of nitrogens with zero attached hydrogens (tertiary/aromatic N) is 4. The molecule has 2 aromatic rings. The fourth-order valence-corrected chi connectivity index (χ4v) is 4.07. The van der Waals surface area contributed by atoms with Crippen molar-refractivity contribution in [2.45, 2.75) is 6.42 Å². The molecule has 2 heterocycles. The summed E-state index contributed by atoms with van der Waals surface area (Å²) in [4.78, 5) is 29.2. The van der Waals surface area contributed by atoms with Gasteiger partial charge in [0.1, 0.15) is 5.69 Å². The van der Waals surface area contributed by atoms with Crippen LogP contribution in [0.15, 0.2) is 42.5 Å². The lowest BCUT2D eigenvalue weighted by molar-refractivity contribution is -0.384. The standard InChI is InChI=1S/C22H25FN4O4/c23-18-15-21(27(29)30)20(16-19(18)25-10-12-31-13-11-25)24-6-8-26(9-7-24)22(28)14-17-4-2-1-3-5-17/h1-5,15-16H,6-14H2. The molecule has 0 saturated carbocycles. The van der Waals surface area contributed by atoms with Crippen LogP contribution in [0, 0.1) is 15.9 Å². The van der Waals surface area contributed by atoms with Gasteiger partial charge in [0.2, 0.25) is 5.91 Å². The maximum Gasteiger partial charge on any atom is 0.295 e. The molecule has 0 aromatic heterocycles. The fourth-order valence-electron chi connectivity index (χ4n) is 4.07. The number of piperazine rings is 1. The van der Waals surface area contributed by atoms with Crippen LogP contribution in [0.25, 0.3) is 0 Å². The van der Waals surface area contributed by atoms with E-state index in [0.717, 1.165) is 11.6 Å². The Morgan fingerprint density at radius 1 is 0.968 bits per heavy atom. The Labute approximate surface area is 179 Å². The number of morpholine rings is 1. The van der Waals surface area contributed by atoms with Crippen molar-refractivity contribution in [1.29, 1.82) is 0 Å². The molecule has 9 heteroatoms. The summed E-state index contributed by atoms with van der Waals surface area (Å²) < 4.78 is 20.0. The van der Waals surface area contributed by atoms with Crippen molar-refractivity contribution >= 4 is 23.0 Å². The van der Waals surface area contributed by atoms with Crippen LogP contribution in [-0.2, 0) is 16.0 Å². The van der Waals surface area contributed by atoms with Crippen LogP contribution in [0.4, 0.5) is 21.5 Å². The van der Waals surface area contributed by atoms with Gasteiger partial charge < -0.3 is 19.4 Å². The third-order valence-electron chi connectivity index (χ3n) is 5.76. The number of rotatable bonds is 5. The molecule has 2 aliphatic rings. The van der Waals surface area contributed by atoms with Gasteiger partial charge in [0, 0.05) is 39.3 Å². The van der Waals surface area contributed by atoms with E-state index in [0.29, 0.717) is 70.3 Å². The number of benzene rings is 2. The minimum absolute atomic E-state index is 0.0356. The molecule has 8 nitrogen and oxygen atoms in total. The van der Waals surface area contributed by atoms with E-state index in [2.05, 4.69) is 0 Å². The second kappa shape index (κ2) is 9.30. The molecule has 31 heavy (non-hydrogen) atoms. The molecule has 2 aliphatic heterocycles. The zero-order chi connectivity index (χ0) is 21.8. The summed E-state index contributed by atoms with van der Waals surface area (Å²) in [6.07, 6.45) is 0.332. The number of nitro benzene ring substituents is 1. The number of carbonyl (C=O) groups is 1. The molecule has 1 amide bonds. The van der Waals surface area contributed by atoms with Gasteiger partial charge in [-0.05, 0) is 11.6 Å². The van der Waals surface area contributed by atoms with Crippen molar-refractivity contribution in [2.75, 3.05) is 62.3 Å². The van der Waals surface area contributed by atoms with E-state index in [1.807, 2.05) is 40.1 Å². The van der Waals surface area contributed by atoms with E-state index in [-0.39, 0.29) is 11.6 Å². The monoisotopic (exact) mass is 428 g/mol. The van der Waals surface area contributed by atoms with Crippen molar-refractivity contribution < 1.29 is 18.8 Å². The van der Waals surface area contributed by atoms with E-state index in [1.54, 1.807) is 11.0 Å². The van der Waals surface area contributed by atoms with Gasteiger partial charge in [-0.2, -0.15) is 0 Å². The van der Waals surface area contributed by atoms with E-state index in [1.165, 1.54) is 0 Å². The van der Waals surface area contributed by atoms with Crippen molar-refractivity contribution in [1.82, 2.24) is 4.90 Å². The Hall–Kier alpha value is -3.20. The highest BCUT2D eigenvalue weighted by atomic mass is 19.1. The zero-order valence-corrected chi connectivity index (χ0v) is 17.2. The van der Waals surface area contributed by atoms with Crippen LogP contribution in [0.2, 0.25) is 0 Å². The molecule has 0 radical (unpaired) electrons. The van der Waals surface area contributed by atoms with Gasteiger partial charge >= 0.3 is 0 Å². The summed E-state index contributed by atoms with van der Waals surface area (Å²) in [5.74, 6) is -0.567. The lowest BCUT2D eigenvalue weighted by Gasteiger charge is -2.36.